The van der Waals surface area contributed by atoms with Crippen molar-refractivity contribution in [2.75, 3.05) is 36.0 Å². The van der Waals surface area contributed by atoms with Crippen LogP contribution in [-0.2, 0) is 18.1 Å². The Morgan fingerprint density at radius 3 is 1.98 bits per heavy atom. The highest BCUT2D eigenvalue weighted by Crippen LogP contribution is 2.46. The van der Waals surface area contributed by atoms with Gasteiger partial charge in [0, 0.05) is 49.2 Å². The molecule has 0 spiro atoms. The number of halogens is 6. The van der Waals surface area contributed by atoms with E-state index in [0.717, 1.165) is 40.6 Å². The van der Waals surface area contributed by atoms with Gasteiger partial charge in [0.05, 0.1) is 30.5 Å². The minimum Gasteiger partial charge on any atom is -0.386 e. The van der Waals surface area contributed by atoms with E-state index < -0.39 is 53.8 Å². The van der Waals surface area contributed by atoms with E-state index in [1.165, 1.54) is 36.7 Å². The third-order valence-corrected chi connectivity index (χ3v) is 8.45. The Hall–Kier alpha value is -5.09. The van der Waals surface area contributed by atoms with Gasteiger partial charge in [-0.2, -0.15) is 22.0 Å². The number of hydrogen-bond donors (Lipinski definition) is 2. The van der Waals surface area contributed by atoms with Crippen LogP contribution in [0, 0.1) is 5.82 Å². The third kappa shape index (κ3) is 7.19. The summed E-state index contributed by atoms with van der Waals surface area (Å²) in [7, 11) is 0. The Bertz CT molecular complexity index is 1830. The number of rotatable bonds is 10. The van der Waals surface area contributed by atoms with Crippen LogP contribution in [0.15, 0.2) is 91.5 Å². The van der Waals surface area contributed by atoms with Gasteiger partial charge in [-0.05, 0) is 52.4 Å². The Balaban J connectivity index is 1.11. The maximum Gasteiger partial charge on any atom is 0.391 e. The van der Waals surface area contributed by atoms with Gasteiger partial charge in [-0.3, -0.25) is 9.97 Å². The van der Waals surface area contributed by atoms with E-state index >= 15 is 8.78 Å². The first-order chi connectivity index (χ1) is 23.3. The number of hydrogen-bond acceptors (Lipinski definition) is 9. The smallest absolute Gasteiger partial charge is 0.386 e. The molecule has 1 unspecified atom stereocenters. The summed E-state index contributed by atoms with van der Waals surface area (Å²) in [6.07, 6.45) is -3.81. The number of piperazine rings is 1. The first-order valence-electron chi connectivity index (χ1n) is 15.2. The summed E-state index contributed by atoms with van der Waals surface area (Å²) < 4.78 is 85.6. The molecule has 49 heavy (non-hydrogen) atoms. The maximum absolute atomic E-state index is 16.1. The molecular formula is C33H30F6N8O2. The lowest BCUT2D eigenvalue weighted by Crippen LogP contribution is -2.48. The maximum atomic E-state index is 16.1. The average molecular weight is 685 g/mol. The van der Waals surface area contributed by atoms with Crippen LogP contribution in [0.1, 0.15) is 29.5 Å². The molecule has 2 atom stereocenters. The van der Waals surface area contributed by atoms with Crippen molar-refractivity contribution in [1.29, 1.82) is 0 Å². The van der Waals surface area contributed by atoms with Crippen molar-refractivity contribution in [2.45, 2.75) is 36.8 Å². The topological polar surface area (TPSA) is 116 Å². The quantitative estimate of drug-likeness (QED) is 0.190. The summed E-state index contributed by atoms with van der Waals surface area (Å²) in [6.45, 7) is 1.71. The third-order valence-electron chi connectivity index (χ3n) is 8.45. The standard InChI is InChI=1S/C33H30F6N8O2/c34-27-4-2-1-3-26(27)31(49,20-47-21-42-43-44-47)33(38,39)30-12-7-23(18-41-30)22-5-8-24(9-6-22)45-13-15-46(16-14-45)25-10-11-28(40-19-25)29(48)17-32(35,36)37/h1-12,18-19,21,29,48-49H,13-17,20H2/t29?,31-/m0/s1. The number of benzene rings is 2. The summed E-state index contributed by atoms with van der Waals surface area (Å²) in [5.41, 5.74) is -1.60. The molecule has 1 aliphatic rings. The molecule has 256 valence electrons. The van der Waals surface area contributed by atoms with Crippen LogP contribution < -0.4 is 9.80 Å². The normalized spacial score (nSPS) is 16.0. The van der Waals surface area contributed by atoms with Crippen molar-refractivity contribution in [1.82, 2.24) is 30.2 Å². The van der Waals surface area contributed by atoms with Crippen molar-refractivity contribution >= 4 is 11.4 Å². The lowest BCUT2D eigenvalue weighted by Gasteiger charge is -2.37. The van der Waals surface area contributed by atoms with E-state index in [2.05, 4.69) is 35.3 Å². The van der Waals surface area contributed by atoms with Crippen LogP contribution in [0.4, 0.5) is 37.7 Å². The Labute approximate surface area is 276 Å². The van der Waals surface area contributed by atoms with Crippen LogP contribution in [0.5, 0.6) is 0 Å². The molecule has 0 aliphatic carbocycles. The van der Waals surface area contributed by atoms with E-state index in [1.807, 2.05) is 24.3 Å². The van der Waals surface area contributed by atoms with Gasteiger partial charge in [-0.1, -0.05) is 36.4 Å². The van der Waals surface area contributed by atoms with Gasteiger partial charge in [-0.15, -0.1) is 5.10 Å². The molecule has 0 bridgehead atoms. The number of anilines is 2. The monoisotopic (exact) mass is 684 g/mol. The molecule has 0 radical (unpaired) electrons. The van der Waals surface area contributed by atoms with Crippen LogP contribution >= 0.6 is 0 Å². The van der Waals surface area contributed by atoms with Gasteiger partial charge >= 0.3 is 12.1 Å². The van der Waals surface area contributed by atoms with Gasteiger partial charge in [0.15, 0.2) is 5.60 Å². The van der Waals surface area contributed by atoms with Crippen LogP contribution in [-0.4, -0.2) is 72.7 Å². The van der Waals surface area contributed by atoms with Crippen LogP contribution in [0.25, 0.3) is 11.1 Å². The highest BCUT2D eigenvalue weighted by Gasteiger charge is 2.57. The lowest BCUT2D eigenvalue weighted by molar-refractivity contribution is -0.207. The zero-order valence-electron chi connectivity index (χ0n) is 25.7. The zero-order chi connectivity index (χ0) is 34.8. The molecule has 1 aliphatic heterocycles. The molecule has 2 N–H and O–H groups in total. The molecule has 3 aromatic heterocycles. The largest absolute Gasteiger partial charge is 0.391 e. The summed E-state index contributed by atoms with van der Waals surface area (Å²) in [5.74, 6) is -5.08. The SMILES string of the molecule is OC(CC(F)(F)F)c1ccc(N2CCN(c3ccc(-c4ccc(C(F)(F)[C@](O)(Cn5cnnn5)c5ccccc5F)nc4)cc3)CC2)cn1. The summed E-state index contributed by atoms with van der Waals surface area (Å²) in [6, 6.07) is 17.8. The predicted molar refractivity (Wildman–Crippen MR) is 166 cm³/mol. The highest BCUT2D eigenvalue weighted by molar-refractivity contribution is 5.66. The number of tetrazole rings is 1. The minimum absolute atomic E-state index is 0.0386. The molecule has 0 saturated carbocycles. The number of aliphatic hydroxyl groups excluding tert-OH is 1. The van der Waals surface area contributed by atoms with Gasteiger partial charge < -0.3 is 20.0 Å². The van der Waals surface area contributed by atoms with Gasteiger partial charge in [0.2, 0.25) is 0 Å². The number of aromatic nitrogens is 6. The minimum atomic E-state index is -4.49. The Morgan fingerprint density at radius 1 is 0.755 bits per heavy atom. The molecule has 5 aromatic rings. The number of nitrogens with zero attached hydrogens (tertiary/aromatic N) is 8. The lowest BCUT2D eigenvalue weighted by atomic mass is 9.84. The fourth-order valence-electron chi connectivity index (χ4n) is 5.79. The van der Waals surface area contributed by atoms with Crippen molar-refractivity contribution in [3.05, 3.63) is 114 Å². The van der Waals surface area contributed by atoms with Crippen molar-refractivity contribution in [3.8, 4) is 11.1 Å². The second-order valence-corrected chi connectivity index (χ2v) is 11.7. The summed E-state index contributed by atoms with van der Waals surface area (Å²) >= 11 is 0. The number of alkyl halides is 5. The molecule has 2 aromatic carbocycles. The number of pyridine rings is 2. The zero-order valence-corrected chi connectivity index (χ0v) is 25.7. The van der Waals surface area contributed by atoms with E-state index in [9.17, 15) is 27.8 Å². The van der Waals surface area contributed by atoms with E-state index in [-0.39, 0.29) is 5.69 Å². The first kappa shape index (κ1) is 33.8. The van der Waals surface area contributed by atoms with Gasteiger partial charge in [0.25, 0.3) is 0 Å². The average Bonchev–Trinajstić information content (AvgIpc) is 3.61. The first-order valence-corrected chi connectivity index (χ1v) is 15.2. The Kier molecular flexibility index (Phi) is 9.26. The predicted octanol–water partition coefficient (Wildman–Crippen LogP) is 5.26. The van der Waals surface area contributed by atoms with E-state index in [0.29, 0.717) is 37.3 Å². The van der Waals surface area contributed by atoms with Gasteiger partial charge in [-0.25, -0.2) is 9.07 Å². The number of aliphatic hydroxyl groups is 2. The van der Waals surface area contributed by atoms with Crippen molar-refractivity contribution in [2.24, 2.45) is 0 Å². The molecule has 10 nitrogen and oxygen atoms in total. The summed E-state index contributed by atoms with van der Waals surface area (Å²) in [5, 5.41) is 31.6. The molecule has 1 fully saturated rings. The molecule has 4 heterocycles. The van der Waals surface area contributed by atoms with Crippen LogP contribution in [0.3, 0.4) is 0 Å². The molecule has 16 heteroatoms. The molecule has 6 rings (SSSR count). The van der Waals surface area contributed by atoms with E-state index in [1.54, 1.807) is 6.07 Å². The van der Waals surface area contributed by atoms with E-state index in [4.69, 9.17) is 0 Å². The fourth-order valence-corrected chi connectivity index (χ4v) is 5.79. The van der Waals surface area contributed by atoms with Crippen molar-refractivity contribution < 1.29 is 36.6 Å². The van der Waals surface area contributed by atoms with Gasteiger partial charge in [0.1, 0.15) is 23.9 Å². The Morgan fingerprint density at radius 2 is 1.41 bits per heavy atom. The molecule has 1 saturated heterocycles. The fraction of sp³-hybridized carbons (Fsp3) is 0.303. The van der Waals surface area contributed by atoms with Crippen molar-refractivity contribution in [3.63, 3.8) is 0 Å². The second-order valence-electron chi connectivity index (χ2n) is 11.7. The van der Waals surface area contributed by atoms with Crippen LogP contribution in [0.2, 0.25) is 0 Å². The summed E-state index contributed by atoms with van der Waals surface area (Å²) in [4.78, 5) is 12.2. The molecule has 0 amide bonds. The molecular weight excluding hydrogens is 654 g/mol. The second kappa shape index (κ2) is 13.4. The highest BCUT2D eigenvalue weighted by atomic mass is 19.4.